The summed E-state index contributed by atoms with van der Waals surface area (Å²) in [6, 6.07) is 5.71. The van der Waals surface area contributed by atoms with Gasteiger partial charge in [0.1, 0.15) is 11.4 Å². The van der Waals surface area contributed by atoms with E-state index in [1.807, 2.05) is 13.8 Å². The van der Waals surface area contributed by atoms with Gasteiger partial charge in [0.25, 0.3) is 0 Å². The SMILES string of the molecule is CC(C)NCC(C)(O)c1ccccc1OC(F)(F)F. The number of ether oxygens (including phenoxy) is 1. The van der Waals surface area contributed by atoms with Crippen molar-refractivity contribution in [2.24, 2.45) is 0 Å². The van der Waals surface area contributed by atoms with Crippen LogP contribution < -0.4 is 10.1 Å². The van der Waals surface area contributed by atoms with Gasteiger partial charge in [-0.05, 0) is 13.0 Å². The van der Waals surface area contributed by atoms with Crippen LogP contribution in [0, 0.1) is 0 Å². The summed E-state index contributed by atoms with van der Waals surface area (Å²) in [5.74, 6) is -0.384. The van der Waals surface area contributed by atoms with Crippen molar-refractivity contribution in [3.8, 4) is 5.75 Å². The summed E-state index contributed by atoms with van der Waals surface area (Å²) in [7, 11) is 0. The van der Waals surface area contributed by atoms with Gasteiger partial charge >= 0.3 is 6.36 Å². The van der Waals surface area contributed by atoms with E-state index >= 15 is 0 Å². The molecule has 0 saturated carbocycles. The minimum atomic E-state index is -4.78. The first-order valence-electron chi connectivity index (χ1n) is 5.93. The van der Waals surface area contributed by atoms with Gasteiger partial charge in [-0.2, -0.15) is 0 Å². The smallest absolute Gasteiger partial charge is 0.405 e. The van der Waals surface area contributed by atoms with Crippen molar-refractivity contribution in [3.05, 3.63) is 29.8 Å². The van der Waals surface area contributed by atoms with Crippen LogP contribution in [-0.4, -0.2) is 24.1 Å². The topological polar surface area (TPSA) is 41.5 Å². The molecule has 0 amide bonds. The van der Waals surface area contributed by atoms with Crippen molar-refractivity contribution >= 4 is 0 Å². The summed E-state index contributed by atoms with van der Waals surface area (Å²) in [5, 5.41) is 13.3. The third kappa shape index (κ3) is 5.08. The van der Waals surface area contributed by atoms with E-state index in [1.165, 1.54) is 25.1 Å². The van der Waals surface area contributed by atoms with Crippen LogP contribution in [0.1, 0.15) is 26.3 Å². The van der Waals surface area contributed by atoms with Gasteiger partial charge in [-0.15, -0.1) is 13.2 Å². The second-order valence-corrected chi connectivity index (χ2v) is 4.85. The molecule has 0 heterocycles. The first-order chi connectivity index (χ1) is 8.62. The largest absolute Gasteiger partial charge is 0.573 e. The molecule has 0 bridgehead atoms. The normalized spacial score (nSPS) is 15.4. The number of benzene rings is 1. The van der Waals surface area contributed by atoms with Gasteiger partial charge in [-0.1, -0.05) is 32.0 Å². The maximum absolute atomic E-state index is 12.3. The predicted molar refractivity (Wildman–Crippen MR) is 65.8 cm³/mol. The van der Waals surface area contributed by atoms with Gasteiger partial charge in [0, 0.05) is 18.2 Å². The van der Waals surface area contributed by atoms with Crippen molar-refractivity contribution in [2.45, 2.75) is 38.8 Å². The fourth-order valence-electron chi connectivity index (χ4n) is 1.62. The highest BCUT2D eigenvalue weighted by molar-refractivity contribution is 5.38. The van der Waals surface area contributed by atoms with E-state index < -0.39 is 12.0 Å². The molecule has 108 valence electrons. The Hall–Kier alpha value is -1.27. The quantitative estimate of drug-likeness (QED) is 0.869. The number of para-hydroxylation sites is 1. The molecule has 0 aliphatic rings. The molecule has 1 aromatic rings. The highest BCUT2D eigenvalue weighted by Crippen LogP contribution is 2.33. The van der Waals surface area contributed by atoms with Crippen LogP contribution in [0.4, 0.5) is 13.2 Å². The summed E-state index contributed by atoms with van der Waals surface area (Å²) >= 11 is 0. The lowest BCUT2D eigenvalue weighted by molar-refractivity contribution is -0.275. The Bertz CT molecular complexity index is 417. The Morgan fingerprint density at radius 3 is 2.37 bits per heavy atom. The number of rotatable bonds is 5. The molecule has 6 heteroatoms. The van der Waals surface area contributed by atoms with E-state index in [0.29, 0.717) is 0 Å². The van der Waals surface area contributed by atoms with E-state index in [4.69, 9.17) is 0 Å². The second kappa shape index (κ2) is 5.79. The molecule has 1 rings (SSSR count). The second-order valence-electron chi connectivity index (χ2n) is 4.85. The molecule has 1 unspecified atom stereocenters. The van der Waals surface area contributed by atoms with E-state index in [1.54, 1.807) is 6.07 Å². The summed E-state index contributed by atoms with van der Waals surface area (Å²) in [6.45, 7) is 5.34. The van der Waals surface area contributed by atoms with Crippen molar-refractivity contribution in [1.82, 2.24) is 5.32 Å². The number of hydrogen-bond donors (Lipinski definition) is 2. The molecule has 0 radical (unpaired) electrons. The van der Waals surface area contributed by atoms with Crippen LogP contribution in [-0.2, 0) is 5.60 Å². The number of hydrogen-bond acceptors (Lipinski definition) is 3. The lowest BCUT2D eigenvalue weighted by Crippen LogP contribution is -2.39. The highest BCUT2D eigenvalue weighted by atomic mass is 19.4. The summed E-state index contributed by atoms with van der Waals surface area (Å²) in [5.41, 5.74) is -1.35. The third-order valence-electron chi connectivity index (χ3n) is 2.55. The molecule has 0 saturated heterocycles. The molecule has 0 fully saturated rings. The Morgan fingerprint density at radius 2 is 1.84 bits per heavy atom. The molecule has 0 spiro atoms. The molecular formula is C13H18F3NO2. The molecular weight excluding hydrogens is 259 g/mol. The lowest BCUT2D eigenvalue weighted by Gasteiger charge is -2.27. The fourth-order valence-corrected chi connectivity index (χ4v) is 1.62. The zero-order valence-corrected chi connectivity index (χ0v) is 11.1. The highest BCUT2D eigenvalue weighted by Gasteiger charge is 2.35. The number of aliphatic hydroxyl groups is 1. The minimum absolute atomic E-state index is 0.0977. The van der Waals surface area contributed by atoms with Crippen molar-refractivity contribution < 1.29 is 23.0 Å². The average Bonchev–Trinajstić information content (AvgIpc) is 2.25. The molecule has 3 nitrogen and oxygen atoms in total. The van der Waals surface area contributed by atoms with Gasteiger partial charge in [-0.3, -0.25) is 0 Å². The summed E-state index contributed by atoms with van der Waals surface area (Å²) < 4.78 is 40.9. The number of halogens is 3. The Kier molecular flexibility index (Phi) is 4.81. The van der Waals surface area contributed by atoms with Crippen LogP contribution in [0.25, 0.3) is 0 Å². The maximum atomic E-state index is 12.3. The minimum Gasteiger partial charge on any atom is -0.405 e. The maximum Gasteiger partial charge on any atom is 0.573 e. The van der Waals surface area contributed by atoms with Crippen molar-refractivity contribution in [2.75, 3.05) is 6.54 Å². The molecule has 0 aliphatic carbocycles. The zero-order chi connectivity index (χ0) is 14.7. The Labute approximate surface area is 110 Å². The molecule has 0 aromatic heterocycles. The summed E-state index contributed by atoms with van der Waals surface area (Å²) in [6.07, 6.45) is -4.78. The number of alkyl halides is 3. The lowest BCUT2D eigenvalue weighted by atomic mass is 9.94. The molecule has 0 aliphatic heterocycles. The van der Waals surface area contributed by atoms with Crippen molar-refractivity contribution in [3.63, 3.8) is 0 Å². The standard InChI is InChI=1S/C13H18F3NO2/c1-9(2)17-8-12(3,18)10-6-4-5-7-11(10)19-13(14,15)16/h4-7,9,17-18H,8H2,1-3H3. The molecule has 1 atom stereocenters. The number of nitrogens with one attached hydrogen (secondary N) is 1. The van der Waals surface area contributed by atoms with Gasteiger partial charge in [0.2, 0.25) is 0 Å². The molecule has 2 N–H and O–H groups in total. The molecule has 1 aromatic carbocycles. The first kappa shape index (κ1) is 15.8. The summed E-state index contributed by atoms with van der Waals surface area (Å²) in [4.78, 5) is 0. The van der Waals surface area contributed by atoms with Gasteiger partial charge in [-0.25, -0.2) is 0 Å². The van der Waals surface area contributed by atoms with E-state index in [0.717, 1.165) is 0 Å². The fraction of sp³-hybridized carbons (Fsp3) is 0.538. The van der Waals surface area contributed by atoms with Gasteiger partial charge in [0.15, 0.2) is 0 Å². The van der Waals surface area contributed by atoms with Crippen molar-refractivity contribution in [1.29, 1.82) is 0 Å². The predicted octanol–water partition coefficient (Wildman–Crippen LogP) is 2.79. The van der Waals surface area contributed by atoms with E-state index in [2.05, 4.69) is 10.1 Å². The van der Waals surface area contributed by atoms with Crippen LogP contribution in [0.15, 0.2) is 24.3 Å². The zero-order valence-electron chi connectivity index (χ0n) is 11.1. The van der Waals surface area contributed by atoms with Crippen LogP contribution in [0.2, 0.25) is 0 Å². The third-order valence-corrected chi connectivity index (χ3v) is 2.55. The van der Waals surface area contributed by atoms with E-state index in [-0.39, 0.29) is 23.9 Å². The van der Waals surface area contributed by atoms with Crippen LogP contribution in [0.3, 0.4) is 0 Å². The van der Waals surface area contributed by atoms with Crippen LogP contribution in [0.5, 0.6) is 5.75 Å². The first-order valence-corrected chi connectivity index (χ1v) is 5.93. The van der Waals surface area contributed by atoms with Gasteiger partial charge in [0.05, 0.1) is 0 Å². The average molecular weight is 277 g/mol. The Balaban J connectivity index is 2.98. The Morgan fingerprint density at radius 1 is 1.26 bits per heavy atom. The monoisotopic (exact) mass is 277 g/mol. The van der Waals surface area contributed by atoms with E-state index in [9.17, 15) is 18.3 Å². The van der Waals surface area contributed by atoms with Gasteiger partial charge < -0.3 is 15.2 Å². The molecule has 19 heavy (non-hydrogen) atoms. The van der Waals surface area contributed by atoms with Crippen LogP contribution >= 0.6 is 0 Å².